The zero-order valence-electron chi connectivity index (χ0n) is 23.7. The lowest BCUT2D eigenvalue weighted by molar-refractivity contribution is -0.128. The van der Waals surface area contributed by atoms with Gasteiger partial charge in [-0.2, -0.15) is 9.97 Å². The van der Waals surface area contributed by atoms with E-state index >= 15 is 4.39 Å². The number of piperazine rings is 1. The van der Waals surface area contributed by atoms with E-state index in [1.807, 2.05) is 37.3 Å². The SMILES string of the molecule is C=CC(=O)N1C[C@H](C)N(c2nc(OCCc3ncc(C)n3C)nc3c(F)c(-c4c(O)cccc4F)c(Cl)cc23)C[C@H]1C. The van der Waals surface area contributed by atoms with Crippen LogP contribution in [0, 0.1) is 18.6 Å². The van der Waals surface area contributed by atoms with Gasteiger partial charge in [-0.05, 0) is 45.0 Å². The molecule has 1 amide bonds. The van der Waals surface area contributed by atoms with E-state index in [1.165, 1.54) is 24.3 Å². The van der Waals surface area contributed by atoms with Crippen LogP contribution >= 0.6 is 11.6 Å². The minimum Gasteiger partial charge on any atom is -0.507 e. The third-order valence-corrected chi connectivity index (χ3v) is 7.97. The molecule has 0 unspecified atom stereocenters. The number of halogens is 3. The molecular formula is C30H31ClF2N6O3. The molecule has 42 heavy (non-hydrogen) atoms. The fourth-order valence-corrected chi connectivity index (χ4v) is 5.58. The Bertz CT molecular complexity index is 1670. The summed E-state index contributed by atoms with van der Waals surface area (Å²) >= 11 is 6.56. The number of rotatable bonds is 7. The van der Waals surface area contributed by atoms with Crippen LogP contribution in [0.2, 0.25) is 5.02 Å². The molecule has 1 aliphatic rings. The van der Waals surface area contributed by atoms with Crippen LogP contribution < -0.4 is 9.64 Å². The number of carbonyl (C=O) groups is 1. The van der Waals surface area contributed by atoms with Crippen LogP contribution in [0.15, 0.2) is 43.1 Å². The van der Waals surface area contributed by atoms with Gasteiger partial charge >= 0.3 is 6.01 Å². The summed E-state index contributed by atoms with van der Waals surface area (Å²) in [7, 11) is 1.90. The fourth-order valence-electron chi connectivity index (χ4n) is 5.29. The number of phenols is 1. The number of ether oxygens (including phenoxy) is 1. The highest BCUT2D eigenvalue weighted by molar-refractivity contribution is 6.34. The van der Waals surface area contributed by atoms with Gasteiger partial charge in [0.05, 0.1) is 17.2 Å². The molecule has 0 saturated carbocycles. The van der Waals surface area contributed by atoms with Crippen LogP contribution in [0.1, 0.15) is 25.4 Å². The van der Waals surface area contributed by atoms with Crippen molar-refractivity contribution in [1.29, 1.82) is 0 Å². The van der Waals surface area contributed by atoms with Gasteiger partial charge in [-0.15, -0.1) is 0 Å². The van der Waals surface area contributed by atoms with Crippen molar-refractivity contribution < 1.29 is 23.4 Å². The van der Waals surface area contributed by atoms with Crippen molar-refractivity contribution in [3.63, 3.8) is 0 Å². The molecule has 1 N–H and O–H groups in total. The Kier molecular flexibility index (Phi) is 8.05. The average Bonchev–Trinajstić information content (AvgIpc) is 3.27. The maximum absolute atomic E-state index is 16.3. The smallest absolute Gasteiger partial charge is 0.319 e. The Hall–Kier alpha value is -4.25. The number of hydrogen-bond donors (Lipinski definition) is 1. The van der Waals surface area contributed by atoms with Crippen molar-refractivity contribution in [3.05, 3.63) is 71.3 Å². The summed E-state index contributed by atoms with van der Waals surface area (Å²) in [6.45, 7) is 10.3. The van der Waals surface area contributed by atoms with Gasteiger partial charge in [0.25, 0.3) is 0 Å². The third-order valence-electron chi connectivity index (χ3n) is 7.67. The predicted molar refractivity (Wildman–Crippen MR) is 157 cm³/mol. The molecule has 3 heterocycles. The van der Waals surface area contributed by atoms with E-state index in [9.17, 15) is 14.3 Å². The lowest BCUT2D eigenvalue weighted by Gasteiger charge is -2.44. The first-order valence-electron chi connectivity index (χ1n) is 13.5. The Morgan fingerprint density at radius 2 is 1.98 bits per heavy atom. The van der Waals surface area contributed by atoms with Crippen LogP contribution in [-0.2, 0) is 18.3 Å². The van der Waals surface area contributed by atoms with Gasteiger partial charge in [0.1, 0.15) is 28.7 Å². The Morgan fingerprint density at radius 1 is 1.21 bits per heavy atom. The second kappa shape index (κ2) is 11.6. The topological polar surface area (TPSA) is 96.6 Å². The van der Waals surface area contributed by atoms with Crippen LogP contribution in [-0.4, -0.2) is 67.2 Å². The number of aryl methyl sites for hydroxylation is 1. The minimum atomic E-state index is -0.924. The number of amides is 1. The molecular weight excluding hydrogens is 566 g/mol. The van der Waals surface area contributed by atoms with E-state index in [4.69, 9.17) is 16.3 Å². The summed E-state index contributed by atoms with van der Waals surface area (Å²) in [5.74, 6) is -1.24. The molecule has 1 saturated heterocycles. The second-order valence-electron chi connectivity index (χ2n) is 10.4. The third kappa shape index (κ3) is 5.24. The summed E-state index contributed by atoms with van der Waals surface area (Å²) in [6.07, 6.45) is 3.50. The molecule has 220 valence electrons. The van der Waals surface area contributed by atoms with Crippen LogP contribution in [0.25, 0.3) is 22.0 Å². The lowest BCUT2D eigenvalue weighted by atomic mass is 10.0. The zero-order valence-corrected chi connectivity index (χ0v) is 24.5. The first kappa shape index (κ1) is 29.2. The fraction of sp³-hybridized carbons (Fsp3) is 0.333. The van der Waals surface area contributed by atoms with Gasteiger partial charge < -0.3 is 24.2 Å². The van der Waals surface area contributed by atoms with E-state index < -0.39 is 17.4 Å². The molecule has 12 heteroatoms. The highest BCUT2D eigenvalue weighted by Crippen LogP contribution is 2.43. The summed E-state index contributed by atoms with van der Waals surface area (Å²) in [6, 6.07) is 4.64. The number of benzene rings is 2. The van der Waals surface area contributed by atoms with Crippen molar-refractivity contribution in [2.75, 3.05) is 24.6 Å². The van der Waals surface area contributed by atoms with Crippen LogP contribution in [0.3, 0.4) is 0 Å². The van der Waals surface area contributed by atoms with E-state index in [2.05, 4.69) is 21.5 Å². The van der Waals surface area contributed by atoms with Gasteiger partial charge in [-0.3, -0.25) is 4.79 Å². The highest BCUT2D eigenvalue weighted by atomic mass is 35.5. The number of carbonyl (C=O) groups excluding carboxylic acids is 1. The number of imidazole rings is 1. The molecule has 0 aliphatic carbocycles. The molecule has 9 nitrogen and oxygen atoms in total. The van der Waals surface area contributed by atoms with E-state index in [0.717, 1.165) is 17.6 Å². The summed E-state index contributed by atoms with van der Waals surface area (Å²) in [5.41, 5.74) is 0.165. The van der Waals surface area contributed by atoms with Crippen molar-refractivity contribution in [3.8, 4) is 22.9 Å². The number of aromatic hydroxyl groups is 1. The molecule has 4 aromatic rings. The number of hydrogen-bond acceptors (Lipinski definition) is 7. The molecule has 2 atom stereocenters. The van der Waals surface area contributed by atoms with Gasteiger partial charge in [0, 0.05) is 61.5 Å². The molecule has 2 aromatic carbocycles. The first-order valence-corrected chi connectivity index (χ1v) is 13.9. The summed E-state index contributed by atoms with van der Waals surface area (Å²) in [5, 5.41) is 10.6. The maximum Gasteiger partial charge on any atom is 0.319 e. The molecule has 5 rings (SSSR count). The molecule has 1 fully saturated rings. The van der Waals surface area contributed by atoms with Gasteiger partial charge in [-0.25, -0.2) is 13.8 Å². The molecule has 2 aromatic heterocycles. The Balaban J connectivity index is 1.62. The van der Waals surface area contributed by atoms with Crippen molar-refractivity contribution in [1.82, 2.24) is 24.4 Å². The maximum atomic E-state index is 16.3. The monoisotopic (exact) mass is 596 g/mol. The zero-order chi connectivity index (χ0) is 30.3. The minimum absolute atomic E-state index is 0.0854. The lowest BCUT2D eigenvalue weighted by Crippen LogP contribution is -2.58. The van der Waals surface area contributed by atoms with E-state index in [0.29, 0.717) is 25.3 Å². The highest BCUT2D eigenvalue weighted by Gasteiger charge is 2.34. The second-order valence-corrected chi connectivity index (χ2v) is 10.8. The van der Waals surface area contributed by atoms with Crippen LogP contribution in [0.4, 0.5) is 14.6 Å². The van der Waals surface area contributed by atoms with Crippen molar-refractivity contribution >= 4 is 34.2 Å². The first-order chi connectivity index (χ1) is 20.0. The Morgan fingerprint density at radius 3 is 2.64 bits per heavy atom. The number of anilines is 1. The number of phenolic OH excluding ortho intramolecular Hbond substituents is 1. The predicted octanol–water partition coefficient (Wildman–Crippen LogP) is 5.21. The van der Waals surface area contributed by atoms with Crippen LogP contribution in [0.5, 0.6) is 11.8 Å². The molecule has 1 aliphatic heterocycles. The van der Waals surface area contributed by atoms with Gasteiger partial charge in [0.2, 0.25) is 5.91 Å². The number of fused-ring (bicyclic) bond motifs is 1. The normalized spacial score (nSPS) is 17.1. The molecule has 0 spiro atoms. The van der Waals surface area contributed by atoms with E-state index in [-0.39, 0.29) is 57.7 Å². The standard InChI is InChI=1S/C30H31ClF2N6O3/c1-6-24(41)38-14-18(4)39(15-17(38)3)29-19-12-20(31)25(26-21(32)8-7-9-22(26)40)27(33)28(19)35-30(36-29)42-11-10-23-34-13-16(2)37(23)5/h6-9,12-13,17-18,40H,1,10-11,14-15H2,2-5H3/t17-,18+/m1/s1. The van der Waals surface area contributed by atoms with Crippen molar-refractivity contribution in [2.24, 2.45) is 7.05 Å². The number of nitrogens with zero attached hydrogens (tertiary/aromatic N) is 6. The van der Waals surface area contributed by atoms with Crippen molar-refractivity contribution in [2.45, 2.75) is 39.3 Å². The number of aromatic nitrogens is 4. The molecule has 0 bridgehead atoms. The quantitative estimate of drug-likeness (QED) is 0.293. The summed E-state index contributed by atoms with van der Waals surface area (Å²) < 4.78 is 39.0. The largest absolute Gasteiger partial charge is 0.507 e. The van der Waals surface area contributed by atoms with Gasteiger partial charge in [0.15, 0.2) is 5.82 Å². The molecule has 0 radical (unpaired) electrons. The Labute approximate surface area is 247 Å². The van der Waals surface area contributed by atoms with E-state index in [1.54, 1.807) is 11.1 Å². The average molecular weight is 597 g/mol. The van der Waals surface area contributed by atoms with Gasteiger partial charge in [-0.1, -0.05) is 24.2 Å². The summed E-state index contributed by atoms with van der Waals surface area (Å²) in [4.78, 5) is 29.5.